The molecule has 0 saturated heterocycles. The van der Waals surface area contributed by atoms with Crippen molar-refractivity contribution in [1.29, 1.82) is 0 Å². The van der Waals surface area contributed by atoms with Crippen molar-refractivity contribution in [1.82, 2.24) is 4.98 Å². The number of pyridine rings is 1. The molecule has 2 aromatic rings. The van der Waals surface area contributed by atoms with Gasteiger partial charge in [0.15, 0.2) is 0 Å². The van der Waals surface area contributed by atoms with E-state index in [1.165, 1.54) is 18.2 Å². The van der Waals surface area contributed by atoms with Crippen molar-refractivity contribution >= 4 is 5.69 Å². The fraction of sp³-hybridized carbons (Fsp3) is 0.214. The fourth-order valence-corrected chi connectivity index (χ4v) is 1.72. The molecule has 3 nitrogen and oxygen atoms in total. The number of nitrogens with zero attached hydrogens (tertiary/aromatic N) is 1. The summed E-state index contributed by atoms with van der Waals surface area (Å²) in [4.78, 5) is 4.12. The van der Waals surface area contributed by atoms with Gasteiger partial charge in [-0.1, -0.05) is 6.07 Å². The highest BCUT2D eigenvalue weighted by atomic mass is 19.4. The lowest BCUT2D eigenvalue weighted by Crippen LogP contribution is -2.07. The average Bonchev–Trinajstić information content (AvgIpc) is 2.39. The molecule has 106 valence electrons. The van der Waals surface area contributed by atoms with Gasteiger partial charge in [0.05, 0.1) is 12.1 Å². The summed E-state index contributed by atoms with van der Waals surface area (Å²) in [6, 6.07) is 8.05. The summed E-state index contributed by atoms with van der Waals surface area (Å²) in [6.45, 7) is 1.92. The molecule has 20 heavy (non-hydrogen) atoms. The number of hydrogen-bond acceptors (Lipinski definition) is 3. The van der Waals surface area contributed by atoms with E-state index in [0.717, 1.165) is 17.8 Å². The Kier molecular flexibility index (Phi) is 3.83. The Bertz CT molecular complexity index is 612. The van der Waals surface area contributed by atoms with Crippen LogP contribution in [-0.4, -0.2) is 10.1 Å². The molecule has 0 radical (unpaired) electrons. The van der Waals surface area contributed by atoms with Gasteiger partial charge in [-0.2, -0.15) is 13.2 Å². The van der Waals surface area contributed by atoms with Crippen LogP contribution in [0, 0.1) is 6.92 Å². The second-order valence-corrected chi connectivity index (χ2v) is 4.35. The minimum absolute atomic E-state index is 0.00933. The summed E-state index contributed by atoms with van der Waals surface area (Å²) in [6.07, 6.45) is -4.37. The largest absolute Gasteiger partial charge is 0.506 e. The van der Waals surface area contributed by atoms with Crippen molar-refractivity contribution in [2.75, 3.05) is 5.32 Å². The molecule has 2 rings (SSSR count). The second kappa shape index (κ2) is 5.40. The Balaban J connectivity index is 2.13. The van der Waals surface area contributed by atoms with E-state index in [1.54, 1.807) is 13.0 Å². The van der Waals surface area contributed by atoms with Gasteiger partial charge < -0.3 is 10.4 Å². The topological polar surface area (TPSA) is 45.1 Å². The predicted molar refractivity (Wildman–Crippen MR) is 69.4 cm³/mol. The van der Waals surface area contributed by atoms with Crippen molar-refractivity contribution in [3.63, 3.8) is 0 Å². The normalized spacial score (nSPS) is 11.4. The van der Waals surface area contributed by atoms with Gasteiger partial charge in [0.25, 0.3) is 0 Å². The molecule has 1 aromatic heterocycles. The van der Waals surface area contributed by atoms with Crippen molar-refractivity contribution < 1.29 is 18.3 Å². The first-order valence-electron chi connectivity index (χ1n) is 5.93. The highest BCUT2D eigenvalue weighted by molar-refractivity contribution is 5.47. The third-order valence-corrected chi connectivity index (χ3v) is 2.74. The third kappa shape index (κ3) is 3.40. The standard InChI is InChI=1S/C14H13F3N2O/c1-9-5-6-13(20)12(19-9)8-18-11-4-2-3-10(7-11)14(15,16)17/h2-7,18,20H,8H2,1H3. The van der Waals surface area contributed by atoms with E-state index in [9.17, 15) is 18.3 Å². The molecular weight excluding hydrogens is 269 g/mol. The summed E-state index contributed by atoms with van der Waals surface area (Å²) in [5.74, 6) is 0.00933. The number of aryl methyl sites for hydroxylation is 1. The van der Waals surface area contributed by atoms with Crippen LogP contribution in [0.4, 0.5) is 18.9 Å². The molecule has 6 heteroatoms. The second-order valence-electron chi connectivity index (χ2n) is 4.35. The molecule has 0 aliphatic rings. The van der Waals surface area contributed by atoms with Crippen LogP contribution in [0.2, 0.25) is 0 Å². The van der Waals surface area contributed by atoms with Crippen LogP contribution >= 0.6 is 0 Å². The Hall–Kier alpha value is -2.24. The van der Waals surface area contributed by atoms with Crippen LogP contribution in [0.1, 0.15) is 17.0 Å². The molecule has 0 atom stereocenters. The summed E-state index contributed by atoms with van der Waals surface area (Å²) < 4.78 is 37.7. The summed E-state index contributed by atoms with van der Waals surface area (Å²) >= 11 is 0. The van der Waals surface area contributed by atoms with Gasteiger partial charge in [-0.3, -0.25) is 4.98 Å². The Morgan fingerprint density at radius 2 is 1.95 bits per heavy atom. The van der Waals surface area contributed by atoms with Gasteiger partial charge in [0, 0.05) is 11.4 Å². The lowest BCUT2D eigenvalue weighted by molar-refractivity contribution is -0.137. The van der Waals surface area contributed by atoms with Crippen LogP contribution in [-0.2, 0) is 12.7 Å². The van der Waals surface area contributed by atoms with E-state index in [4.69, 9.17) is 0 Å². The molecule has 0 aliphatic carbocycles. The first kappa shape index (κ1) is 14.2. The van der Waals surface area contributed by atoms with E-state index in [1.807, 2.05) is 0 Å². The van der Waals surface area contributed by atoms with E-state index in [2.05, 4.69) is 10.3 Å². The zero-order valence-electron chi connectivity index (χ0n) is 10.7. The molecule has 0 spiro atoms. The zero-order valence-corrected chi connectivity index (χ0v) is 10.7. The van der Waals surface area contributed by atoms with Crippen molar-refractivity contribution in [3.8, 4) is 5.75 Å². The number of rotatable bonds is 3. The first-order valence-corrected chi connectivity index (χ1v) is 5.93. The smallest absolute Gasteiger partial charge is 0.416 e. The van der Waals surface area contributed by atoms with Crippen LogP contribution in [0.5, 0.6) is 5.75 Å². The Morgan fingerprint density at radius 1 is 1.20 bits per heavy atom. The molecule has 0 aliphatic heterocycles. The monoisotopic (exact) mass is 282 g/mol. The van der Waals surface area contributed by atoms with Gasteiger partial charge >= 0.3 is 6.18 Å². The minimum Gasteiger partial charge on any atom is -0.506 e. The van der Waals surface area contributed by atoms with Gasteiger partial charge in [-0.15, -0.1) is 0 Å². The van der Waals surface area contributed by atoms with Crippen LogP contribution in [0.3, 0.4) is 0 Å². The third-order valence-electron chi connectivity index (χ3n) is 2.74. The SMILES string of the molecule is Cc1ccc(O)c(CNc2cccc(C(F)(F)F)c2)n1. The maximum atomic E-state index is 12.6. The van der Waals surface area contributed by atoms with Crippen molar-refractivity contribution in [3.05, 3.63) is 53.3 Å². The number of aromatic nitrogens is 1. The van der Waals surface area contributed by atoms with Gasteiger partial charge in [0.1, 0.15) is 11.4 Å². The lowest BCUT2D eigenvalue weighted by Gasteiger charge is -2.11. The molecule has 0 bridgehead atoms. The fourth-order valence-electron chi connectivity index (χ4n) is 1.72. The Labute approximate surface area is 114 Å². The summed E-state index contributed by atoms with van der Waals surface area (Å²) in [5, 5.41) is 12.4. The average molecular weight is 282 g/mol. The highest BCUT2D eigenvalue weighted by Gasteiger charge is 2.30. The van der Waals surface area contributed by atoms with E-state index in [0.29, 0.717) is 11.4 Å². The number of alkyl halides is 3. The van der Waals surface area contributed by atoms with Crippen LogP contribution in [0.15, 0.2) is 36.4 Å². The first-order chi connectivity index (χ1) is 9.36. The number of hydrogen-bond donors (Lipinski definition) is 2. The number of benzene rings is 1. The quantitative estimate of drug-likeness (QED) is 0.901. The number of aromatic hydroxyl groups is 1. The molecular formula is C14H13F3N2O. The van der Waals surface area contributed by atoms with Crippen LogP contribution in [0.25, 0.3) is 0 Å². The molecule has 0 unspecified atom stereocenters. The van der Waals surface area contributed by atoms with E-state index < -0.39 is 11.7 Å². The Morgan fingerprint density at radius 3 is 2.65 bits per heavy atom. The maximum absolute atomic E-state index is 12.6. The van der Waals surface area contributed by atoms with Crippen LogP contribution < -0.4 is 5.32 Å². The van der Waals surface area contributed by atoms with Crippen molar-refractivity contribution in [2.45, 2.75) is 19.6 Å². The lowest BCUT2D eigenvalue weighted by atomic mass is 10.2. The number of nitrogens with one attached hydrogen (secondary N) is 1. The van der Waals surface area contributed by atoms with Crippen molar-refractivity contribution in [2.24, 2.45) is 0 Å². The maximum Gasteiger partial charge on any atom is 0.416 e. The molecule has 2 N–H and O–H groups in total. The molecule has 0 amide bonds. The highest BCUT2D eigenvalue weighted by Crippen LogP contribution is 2.30. The minimum atomic E-state index is -4.37. The van der Waals surface area contributed by atoms with Gasteiger partial charge in [0.2, 0.25) is 0 Å². The predicted octanol–water partition coefficient (Wildman–Crippen LogP) is 3.73. The molecule has 0 saturated carbocycles. The molecule has 1 aromatic carbocycles. The summed E-state index contributed by atoms with van der Waals surface area (Å²) in [5.41, 5.74) is 0.720. The zero-order chi connectivity index (χ0) is 14.8. The number of halogens is 3. The van der Waals surface area contributed by atoms with E-state index in [-0.39, 0.29) is 12.3 Å². The van der Waals surface area contributed by atoms with Gasteiger partial charge in [-0.05, 0) is 37.3 Å². The molecule has 0 fully saturated rings. The number of anilines is 1. The van der Waals surface area contributed by atoms with E-state index >= 15 is 0 Å². The van der Waals surface area contributed by atoms with Gasteiger partial charge in [-0.25, -0.2) is 0 Å². The molecule has 1 heterocycles. The summed E-state index contributed by atoms with van der Waals surface area (Å²) in [7, 11) is 0.